The highest BCUT2D eigenvalue weighted by Gasteiger charge is 2.29. The molecule has 1 aromatic carbocycles. The van der Waals surface area contributed by atoms with Gasteiger partial charge < -0.3 is 30.7 Å². The van der Waals surface area contributed by atoms with E-state index in [1.54, 1.807) is 7.11 Å². The van der Waals surface area contributed by atoms with Gasteiger partial charge in [-0.2, -0.15) is 4.89 Å². The SMILES string of the molecule is COc1ccc(C(C/C(C(=O)O)=[P+](\[O-])O)N2CCNCCNCCNCC2)cc1. The highest BCUT2D eigenvalue weighted by molar-refractivity contribution is 7.48. The van der Waals surface area contributed by atoms with Crippen LogP contribution < -0.4 is 25.6 Å². The number of methoxy groups -OCH3 is 1. The molecule has 1 fully saturated rings. The summed E-state index contributed by atoms with van der Waals surface area (Å²) < 4.78 is 5.22. The van der Waals surface area contributed by atoms with Crippen LogP contribution in [0.2, 0.25) is 0 Å². The average Bonchev–Trinajstić information content (AvgIpc) is 2.69. The maximum absolute atomic E-state index is 11.7. The Morgan fingerprint density at radius 1 is 1.10 bits per heavy atom. The van der Waals surface area contributed by atoms with E-state index in [0.717, 1.165) is 44.8 Å². The molecule has 0 aromatic heterocycles. The summed E-state index contributed by atoms with van der Waals surface area (Å²) in [6, 6.07) is 7.08. The number of carbonyl (C=O) groups is 1. The zero-order chi connectivity index (χ0) is 21.1. The molecular weight excluding hydrogens is 395 g/mol. The minimum absolute atomic E-state index is 0.0189. The van der Waals surface area contributed by atoms with E-state index in [2.05, 4.69) is 20.9 Å². The molecule has 0 bridgehead atoms. The van der Waals surface area contributed by atoms with Gasteiger partial charge in [0.1, 0.15) is 5.75 Å². The van der Waals surface area contributed by atoms with Crippen molar-refractivity contribution in [3.05, 3.63) is 29.8 Å². The molecule has 1 aliphatic rings. The van der Waals surface area contributed by atoms with Gasteiger partial charge in [0.15, 0.2) is 0 Å². The Labute approximate surface area is 172 Å². The number of aliphatic carboxylic acids is 1. The fourth-order valence-electron chi connectivity index (χ4n) is 3.31. The number of benzene rings is 1. The smallest absolute Gasteiger partial charge is 0.377 e. The summed E-state index contributed by atoms with van der Waals surface area (Å²) in [6.07, 6.45) is -0.0189. The summed E-state index contributed by atoms with van der Waals surface area (Å²) in [5.74, 6) is -0.628. The molecule has 10 heteroatoms. The van der Waals surface area contributed by atoms with Crippen molar-refractivity contribution in [2.45, 2.75) is 12.5 Å². The van der Waals surface area contributed by atoms with Gasteiger partial charge in [0.2, 0.25) is 13.3 Å². The number of nitrogens with one attached hydrogen (secondary N) is 3. The van der Waals surface area contributed by atoms with Crippen LogP contribution in [0.5, 0.6) is 5.75 Å². The molecule has 0 radical (unpaired) electrons. The Balaban J connectivity index is 2.28. The summed E-state index contributed by atoms with van der Waals surface area (Å²) >= 11 is 0. The molecular formula is C19H31N4O5P. The standard InChI is InChI=1S/C19H31N4O5P/c1-28-16-4-2-15(3-5-16)17(14-18(19(24)25)29(26)27)23-12-10-21-8-6-20-7-9-22-11-13-23/h2-5,17,20-22H,6-14H2,1H3,(H,24,25)(H,26,27). The second kappa shape index (κ2) is 12.9. The maximum Gasteiger partial charge on any atom is 0.377 e. The molecule has 2 unspecified atom stereocenters. The number of nitrogens with zero attached hydrogens (tertiary/aromatic N) is 1. The molecule has 162 valence electrons. The first-order valence-corrected chi connectivity index (χ1v) is 11.0. The van der Waals surface area contributed by atoms with Crippen LogP contribution in [0.4, 0.5) is 0 Å². The largest absolute Gasteiger partial charge is 0.603 e. The van der Waals surface area contributed by atoms with E-state index in [-0.39, 0.29) is 17.8 Å². The van der Waals surface area contributed by atoms with Gasteiger partial charge in [-0.1, -0.05) is 12.1 Å². The number of carboxylic acid groups (broad SMARTS) is 1. The van der Waals surface area contributed by atoms with Gasteiger partial charge in [0, 0.05) is 64.8 Å². The lowest BCUT2D eigenvalue weighted by Crippen LogP contribution is -2.43. The predicted molar refractivity (Wildman–Crippen MR) is 112 cm³/mol. The number of hydrogen-bond donors (Lipinski definition) is 5. The normalized spacial score (nSPS) is 19.4. The third-order valence-corrected chi connectivity index (χ3v) is 5.75. The first-order chi connectivity index (χ1) is 14.0. The van der Waals surface area contributed by atoms with Gasteiger partial charge in [-0.15, -0.1) is 0 Å². The first-order valence-electron chi connectivity index (χ1n) is 9.78. The molecule has 0 spiro atoms. The highest BCUT2D eigenvalue weighted by atomic mass is 31.1. The number of rotatable bonds is 6. The molecule has 1 heterocycles. The number of ether oxygens (including phenoxy) is 1. The van der Waals surface area contributed by atoms with Crippen molar-refractivity contribution in [3.63, 3.8) is 0 Å². The van der Waals surface area contributed by atoms with Gasteiger partial charge in [-0.25, -0.2) is 4.79 Å². The molecule has 1 saturated heterocycles. The lowest BCUT2D eigenvalue weighted by Gasteiger charge is -2.32. The second-order valence-corrected chi connectivity index (χ2v) is 7.89. The van der Waals surface area contributed by atoms with E-state index in [1.807, 2.05) is 24.3 Å². The minimum Gasteiger partial charge on any atom is -0.603 e. The van der Waals surface area contributed by atoms with Crippen molar-refractivity contribution in [1.82, 2.24) is 20.9 Å². The molecule has 0 amide bonds. The molecule has 0 saturated carbocycles. The molecule has 2 rings (SSSR count). The Morgan fingerprint density at radius 3 is 2.07 bits per heavy atom. The van der Waals surface area contributed by atoms with Crippen molar-refractivity contribution in [1.29, 1.82) is 0 Å². The van der Waals surface area contributed by atoms with Crippen LogP contribution in [0.25, 0.3) is 0 Å². The molecule has 9 nitrogen and oxygen atoms in total. The predicted octanol–water partition coefficient (Wildman–Crippen LogP) is -0.868. The van der Waals surface area contributed by atoms with E-state index in [4.69, 9.17) is 4.74 Å². The highest BCUT2D eigenvalue weighted by Crippen LogP contribution is 2.29. The number of carboxylic acids is 1. The summed E-state index contributed by atoms with van der Waals surface area (Å²) in [5, 5.41) is 19.2. The molecule has 2 atom stereocenters. The van der Waals surface area contributed by atoms with Crippen LogP contribution in [0.1, 0.15) is 18.0 Å². The average molecular weight is 426 g/mol. The van der Waals surface area contributed by atoms with Gasteiger partial charge in [-0.05, 0) is 17.7 Å². The van der Waals surface area contributed by atoms with E-state index in [0.29, 0.717) is 18.8 Å². The fraction of sp³-hybridized carbons (Fsp3) is 0.579. The molecule has 1 aromatic rings. The quantitative estimate of drug-likeness (QED) is 0.369. The van der Waals surface area contributed by atoms with E-state index >= 15 is 0 Å². The van der Waals surface area contributed by atoms with Crippen LogP contribution in [-0.2, 0) is 4.79 Å². The van der Waals surface area contributed by atoms with Crippen LogP contribution in [0.3, 0.4) is 0 Å². The Kier molecular flexibility index (Phi) is 10.5. The summed E-state index contributed by atoms with van der Waals surface area (Å²) in [5.41, 5.74) is 0.884. The third-order valence-electron chi connectivity index (χ3n) is 4.91. The van der Waals surface area contributed by atoms with E-state index in [9.17, 15) is 19.7 Å². The zero-order valence-electron chi connectivity index (χ0n) is 16.8. The second-order valence-electron chi connectivity index (χ2n) is 6.80. The van der Waals surface area contributed by atoms with Crippen molar-refractivity contribution in [2.75, 3.05) is 59.5 Å². The van der Waals surface area contributed by atoms with Crippen molar-refractivity contribution in [3.8, 4) is 5.75 Å². The fourth-order valence-corrected chi connectivity index (χ4v) is 3.80. The molecule has 1 aliphatic heterocycles. The van der Waals surface area contributed by atoms with Crippen LogP contribution in [0.15, 0.2) is 24.3 Å². The summed E-state index contributed by atoms with van der Waals surface area (Å²) in [6.45, 7) is 6.30. The summed E-state index contributed by atoms with van der Waals surface area (Å²) in [4.78, 5) is 34.9. The molecule has 0 aliphatic carbocycles. The van der Waals surface area contributed by atoms with Gasteiger partial charge in [0.05, 0.1) is 7.11 Å². The summed E-state index contributed by atoms with van der Waals surface area (Å²) in [7, 11) is -1.32. The topological polar surface area (TPSA) is 129 Å². The van der Waals surface area contributed by atoms with Crippen molar-refractivity contribution in [2.24, 2.45) is 0 Å². The van der Waals surface area contributed by atoms with E-state index in [1.165, 1.54) is 0 Å². The van der Waals surface area contributed by atoms with Crippen LogP contribution in [0, 0.1) is 0 Å². The zero-order valence-corrected chi connectivity index (χ0v) is 17.7. The minimum atomic E-state index is -2.91. The van der Waals surface area contributed by atoms with E-state index < -0.39 is 14.0 Å². The Hall–Kier alpha value is -1.58. The van der Waals surface area contributed by atoms with Crippen molar-refractivity contribution >= 4 is 19.3 Å². The number of hydrogen-bond acceptors (Lipinski definition) is 8. The Morgan fingerprint density at radius 2 is 1.62 bits per heavy atom. The van der Waals surface area contributed by atoms with Gasteiger partial charge in [-0.3, -0.25) is 4.90 Å². The van der Waals surface area contributed by atoms with Crippen molar-refractivity contribution < 1.29 is 24.4 Å². The lowest BCUT2D eigenvalue weighted by molar-refractivity contribution is -0.168. The van der Waals surface area contributed by atoms with Gasteiger partial charge >= 0.3 is 5.97 Å². The monoisotopic (exact) mass is 426 g/mol. The first kappa shape index (κ1) is 23.7. The van der Waals surface area contributed by atoms with Crippen LogP contribution in [-0.4, -0.2) is 85.6 Å². The molecule has 29 heavy (non-hydrogen) atoms. The third kappa shape index (κ3) is 7.98. The molecule has 5 N–H and O–H groups in total. The van der Waals surface area contributed by atoms with Gasteiger partial charge in [0.25, 0.3) is 0 Å². The maximum atomic E-state index is 11.7. The van der Waals surface area contributed by atoms with Crippen LogP contribution >= 0.6 is 8.00 Å². The lowest BCUT2D eigenvalue weighted by atomic mass is 9.99. The Bertz CT molecular complexity index is 655.